The lowest BCUT2D eigenvalue weighted by Crippen LogP contribution is -2.12. The first-order chi connectivity index (χ1) is 8.78. The second-order valence-corrected chi connectivity index (χ2v) is 5.07. The van der Waals surface area contributed by atoms with Crippen LogP contribution in [-0.2, 0) is 13.1 Å². The van der Waals surface area contributed by atoms with Gasteiger partial charge in [-0.25, -0.2) is 0 Å². The highest BCUT2D eigenvalue weighted by Gasteiger charge is 1.95. The molecule has 2 aromatic carbocycles. The highest BCUT2D eigenvalue weighted by Crippen LogP contribution is 2.14. The van der Waals surface area contributed by atoms with Gasteiger partial charge in [0.1, 0.15) is 0 Å². The van der Waals surface area contributed by atoms with Gasteiger partial charge in [0.25, 0.3) is 0 Å². The van der Waals surface area contributed by atoms with Gasteiger partial charge in [-0.1, -0.05) is 24.3 Å². The van der Waals surface area contributed by atoms with Crippen molar-refractivity contribution in [3.63, 3.8) is 0 Å². The van der Waals surface area contributed by atoms with Gasteiger partial charge in [0.05, 0.1) is 0 Å². The maximum absolute atomic E-state index is 5.65. The summed E-state index contributed by atoms with van der Waals surface area (Å²) in [6.07, 6.45) is 2.09. The zero-order valence-corrected chi connectivity index (χ0v) is 11.3. The zero-order chi connectivity index (χ0) is 12.8. The SMILES string of the molecule is CSc1ccc(CNCc2ccc(N)cc2)cc1. The van der Waals surface area contributed by atoms with Crippen molar-refractivity contribution in [1.29, 1.82) is 0 Å². The van der Waals surface area contributed by atoms with E-state index >= 15 is 0 Å². The molecule has 0 heterocycles. The molecule has 0 aliphatic carbocycles. The number of benzene rings is 2. The van der Waals surface area contributed by atoms with Crippen LogP contribution in [0.5, 0.6) is 0 Å². The van der Waals surface area contributed by atoms with Gasteiger partial charge in [-0.3, -0.25) is 0 Å². The number of anilines is 1. The molecule has 0 amide bonds. The summed E-state index contributed by atoms with van der Waals surface area (Å²) in [7, 11) is 0. The molecule has 3 N–H and O–H groups in total. The number of hydrogen-bond donors (Lipinski definition) is 2. The monoisotopic (exact) mass is 258 g/mol. The molecule has 0 radical (unpaired) electrons. The van der Waals surface area contributed by atoms with Crippen LogP contribution in [0.2, 0.25) is 0 Å². The molecule has 0 aliphatic rings. The van der Waals surface area contributed by atoms with Crippen molar-refractivity contribution >= 4 is 17.4 Å². The summed E-state index contributed by atoms with van der Waals surface area (Å²) < 4.78 is 0. The quantitative estimate of drug-likeness (QED) is 0.638. The van der Waals surface area contributed by atoms with E-state index in [1.165, 1.54) is 16.0 Å². The molecular weight excluding hydrogens is 240 g/mol. The summed E-state index contributed by atoms with van der Waals surface area (Å²) in [5.41, 5.74) is 9.03. The average Bonchev–Trinajstić information content (AvgIpc) is 2.42. The fourth-order valence-electron chi connectivity index (χ4n) is 1.73. The van der Waals surface area contributed by atoms with Crippen LogP contribution in [-0.4, -0.2) is 6.26 Å². The van der Waals surface area contributed by atoms with E-state index in [2.05, 4.69) is 48.0 Å². The van der Waals surface area contributed by atoms with E-state index in [-0.39, 0.29) is 0 Å². The molecule has 0 saturated carbocycles. The molecule has 0 saturated heterocycles. The van der Waals surface area contributed by atoms with E-state index in [1.54, 1.807) is 11.8 Å². The smallest absolute Gasteiger partial charge is 0.0314 e. The Hall–Kier alpha value is -1.45. The molecular formula is C15H18N2S. The lowest BCUT2D eigenvalue weighted by molar-refractivity contribution is 0.693. The van der Waals surface area contributed by atoms with Crippen molar-refractivity contribution < 1.29 is 0 Å². The summed E-state index contributed by atoms with van der Waals surface area (Å²) in [5.74, 6) is 0. The van der Waals surface area contributed by atoms with Gasteiger partial charge >= 0.3 is 0 Å². The maximum Gasteiger partial charge on any atom is 0.0314 e. The molecule has 2 aromatic rings. The standard InChI is InChI=1S/C15H18N2S/c1-18-15-8-4-13(5-9-15)11-17-10-12-2-6-14(16)7-3-12/h2-9,17H,10-11,16H2,1H3. The summed E-state index contributed by atoms with van der Waals surface area (Å²) in [6.45, 7) is 1.75. The molecule has 94 valence electrons. The van der Waals surface area contributed by atoms with E-state index in [9.17, 15) is 0 Å². The van der Waals surface area contributed by atoms with Crippen LogP contribution in [0.1, 0.15) is 11.1 Å². The van der Waals surface area contributed by atoms with E-state index in [4.69, 9.17) is 5.73 Å². The molecule has 2 rings (SSSR count). The fourth-order valence-corrected chi connectivity index (χ4v) is 2.14. The van der Waals surface area contributed by atoms with Crippen molar-refractivity contribution in [3.8, 4) is 0 Å². The topological polar surface area (TPSA) is 38.0 Å². The van der Waals surface area contributed by atoms with Crippen molar-refractivity contribution in [1.82, 2.24) is 5.32 Å². The van der Waals surface area contributed by atoms with Crippen molar-refractivity contribution in [2.24, 2.45) is 0 Å². The fraction of sp³-hybridized carbons (Fsp3) is 0.200. The normalized spacial score (nSPS) is 10.5. The lowest BCUT2D eigenvalue weighted by atomic mass is 10.2. The van der Waals surface area contributed by atoms with Gasteiger partial charge in [-0.2, -0.15) is 0 Å². The molecule has 0 aliphatic heterocycles. The Bertz CT molecular complexity index is 477. The summed E-state index contributed by atoms with van der Waals surface area (Å²) >= 11 is 1.77. The number of thioether (sulfide) groups is 1. The minimum Gasteiger partial charge on any atom is -0.399 e. The molecule has 3 heteroatoms. The molecule has 0 atom stereocenters. The second-order valence-electron chi connectivity index (χ2n) is 4.19. The highest BCUT2D eigenvalue weighted by atomic mass is 32.2. The van der Waals surface area contributed by atoms with Crippen LogP contribution < -0.4 is 11.1 Å². The van der Waals surface area contributed by atoms with Crippen LogP contribution in [0.25, 0.3) is 0 Å². The Kier molecular flexibility index (Phi) is 4.67. The Morgan fingerprint density at radius 1 is 0.889 bits per heavy atom. The predicted molar refractivity (Wildman–Crippen MR) is 79.6 cm³/mol. The van der Waals surface area contributed by atoms with Crippen LogP contribution in [0.15, 0.2) is 53.4 Å². The van der Waals surface area contributed by atoms with E-state index in [1.807, 2.05) is 12.1 Å². The van der Waals surface area contributed by atoms with Crippen LogP contribution in [0, 0.1) is 0 Å². The van der Waals surface area contributed by atoms with Gasteiger partial charge in [0.2, 0.25) is 0 Å². The maximum atomic E-state index is 5.65. The highest BCUT2D eigenvalue weighted by molar-refractivity contribution is 7.98. The lowest BCUT2D eigenvalue weighted by Gasteiger charge is -2.06. The number of hydrogen-bond acceptors (Lipinski definition) is 3. The Labute approximate surface area is 113 Å². The third kappa shape index (κ3) is 3.79. The largest absolute Gasteiger partial charge is 0.399 e. The van der Waals surface area contributed by atoms with E-state index in [0.29, 0.717) is 0 Å². The Morgan fingerprint density at radius 2 is 1.39 bits per heavy atom. The molecule has 0 bridgehead atoms. The Morgan fingerprint density at radius 3 is 1.89 bits per heavy atom. The number of nitrogens with one attached hydrogen (secondary N) is 1. The molecule has 18 heavy (non-hydrogen) atoms. The summed E-state index contributed by atoms with van der Waals surface area (Å²) in [4.78, 5) is 1.30. The number of nitrogens with two attached hydrogens (primary N) is 1. The first kappa shape index (κ1) is 13.0. The molecule has 0 aromatic heterocycles. The van der Waals surface area contributed by atoms with Gasteiger partial charge in [0, 0.05) is 23.7 Å². The molecule has 0 fully saturated rings. The van der Waals surface area contributed by atoms with Crippen molar-refractivity contribution in [2.45, 2.75) is 18.0 Å². The first-order valence-electron chi connectivity index (χ1n) is 5.96. The third-order valence-electron chi connectivity index (χ3n) is 2.80. The van der Waals surface area contributed by atoms with E-state index < -0.39 is 0 Å². The zero-order valence-electron chi connectivity index (χ0n) is 10.5. The minimum atomic E-state index is 0.811. The molecule has 0 spiro atoms. The summed E-state index contributed by atoms with van der Waals surface area (Å²) in [5, 5.41) is 3.43. The van der Waals surface area contributed by atoms with Gasteiger partial charge < -0.3 is 11.1 Å². The predicted octanol–water partition coefficient (Wildman–Crippen LogP) is 3.28. The third-order valence-corrected chi connectivity index (χ3v) is 3.54. The van der Waals surface area contributed by atoms with Gasteiger partial charge in [-0.15, -0.1) is 11.8 Å². The minimum absolute atomic E-state index is 0.811. The number of nitrogen functional groups attached to an aromatic ring is 1. The molecule has 2 nitrogen and oxygen atoms in total. The van der Waals surface area contributed by atoms with Crippen LogP contribution >= 0.6 is 11.8 Å². The number of rotatable bonds is 5. The van der Waals surface area contributed by atoms with Gasteiger partial charge in [-0.05, 0) is 41.6 Å². The van der Waals surface area contributed by atoms with E-state index in [0.717, 1.165) is 18.8 Å². The first-order valence-corrected chi connectivity index (χ1v) is 7.18. The van der Waals surface area contributed by atoms with Gasteiger partial charge in [0.15, 0.2) is 0 Å². The summed E-state index contributed by atoms with van der Waals surface area (Å²) in [6, 6.07) is 16.6. The van der Waals surface area contributed by atoms with Crippen molar-refractivity contribution in [2.75, 3.05) is 12.0 Å². The van der Waals surface area contributed by atoms with Crippen molar-refractivity contribution in [3.05, 3.63) is 59.7 Å². The van der Waals surface area contributed by atoms with Crippen LogP contribution in [0.3, 0.4) is 0 Å². The van der Waals surface area contributed by atoms with Crippen LogP contribution in [0.4, 0.5) is 5.69 Å². The average molecular weight is 258 g/mol. The second kappa shape index (κ2) is 6.47. The molecule has 0 unspecified atom stereocenters. The Balaban J connectivity index is 1.82.